The van der Waals surface area contributed by atoms with Gasteiger partial charge in [0.1, 0.15) is 0 Å². The summed E-state index contributed by atoms with van der Waals surface area (Å²) < 4.78 is 6.80. The molecule has 3 heterocycles. The van der Waals surface area contributed by atoms with Crippen LogP contribution in [0, 0.1) is 0 Å². The van der Waals surface area contributed by atoms with E-state index in [4.69, 9.17) is 4.98 Å². The summed E-state index contributed by atoms with van der Waals surface area (Å²) in [5.41, 5.74) is 8.08. The van der Waals surface area contributed by atoms with E-state index in [9.17, 15) is 0 Å². The number of fused-ring (bicyclic) bond motifs is 8. The molecule has 0 saturated heterocycles. The van der Waals surface area contributed by atoms with E-state index in [-0.39, 0.29) is 0 Å². The van der Waals surface area contributed by atoms with Gasteiger partial charge in [-0.3, -0.25) is 8.97 Å². The molecule has 7 rings (SSSR count). The lowest BCUT2D eigenvalue weighted by Crippen LogP contribution is -1.95. The fraction of sp³-hybridized carbons (Fsp3) is 0.0385. The predicted octanol–water partition coefficient (Wildman–Crippen LogP) is 6.08. The van der Waals surface area contributed by atoms with Gasteiger partial charge in [0.05, 0.1) is 22.1 Å². The molecule has 142 valence electrons. The molecule has 0 saturated carbocycles. The molecule has 0 radical (unpaired) electrons. The lowest BCUT2D eigenvalue weighted by Gasteiger charge is -2.06. The van der Waals surface area contributed by atoms with Crippen LogP contribution in [-0.2, 0) is 7.05 Å². The first-order chi connectivity index (χ1) is 14.8. The molecule has 0 unspecified atom stereocenters. The van der Waals surface area contributed by atoms with Gasteiger partial charge in [-0.1, -0.05) is 42.5 Å². The molecule has 0 N–H and O–H groups in total. The van der Waals surface area contributed by atoms with Crippen molar-refractivity contribution in [2.24, 2.45) is 7.05 Å². The maximum absolute atomic E-state index is 5.00. The summed E-state index contributed by atoms with van der Waals surface area (Å²) in [7, 11) is 2.13. The van der Waals surface area contributed by atoms with Crippen molar-refractivity contribution in [3.63, 3.8) is 0 Å². The molecule has 4 nitrogen and oxygen atoms in total. The Balaban J connectivity index is 1.65. The van der Waals surface area contributed by atoms with Gasteiger partial charge in [0.25, 0.3) is 0 Å². The number of hydrogen-bond acceptors (Lipinski definition) is 1. The second-order valence-electron chi connectivity index (χ2n) is 7.84. The van der Waals surface area contributed by atoms with Crippen molar-refractivity contribution in [3.05, 3.63) is 91.0 Å². The third-order valence-electron chi connectivity index (χ3n) is 6.26. The summed E-state index contributed by atoms with van der Waals surface area (Å²) in [5, 5.41) is 2.54. The van der Waals surface area contributed by atoms with Crippen molar-refractivity contribution in [2.45, 2.75) is 0 Å². The van der Waals surface area contributed by atoms with Crippen LogP contribution in [-0.4, -0.2) is 18.5 Å². The molecule has 0 aliphatic rings. The number of aromatic nitrogens is 4. The van der Waals surface area contributed by atoms with E-state index in [1.54, 1.807) is 0 Å². The molecule has 0 fully saturated rings. The Hall–Kier alpha value is -4.05. The fourth-order valence-electron chi connectivity index (χ4n) is 4.90. The normalized spacial score (nSPS) is 12.2. The SMILES string of the molecule is Cn1c2ccccc2c2cc(-n3c4ccccc4n4c5ccccc5nc34)ccc21. The van der Waals surface area contributed by atoms with Gasteiger partial charge in [0, 0.05) is 34.5 Å². The smallest absolute Gasteiger partial charge is 0.220 e. The topological polar surface area (TPSA) is 27.2 Å². The number of para-hydroxylation sites is 5. The van der Waals surface area contributed by atoms with Crippen molar-refractivity contribution >= 4 is 49.7 Å². The summed E-state index contributed by atoms with van der Waals surface area (Å²) in [4.78, 5) is 5.00. The van der Waals surface area contributed by atoms with Crippen molar-refractivity contribution in [1.82, 2.24) is 18.5 Å². The van der Waals surface area contributed by atoms with Crippen molar-refractivity contribution in [1.29, 1.82) is 0 Å². The lowest BCUT2D eigenvalue weighted by atomic mass is 10.1. The average Bonchev–Trinajstić information content (AvgIpc) is 3.41. The van der Waals surface area contributed by atoms with E-state index in [0.29, 0.717) is 0 Å². The van der Waals surface area contributed by atoms with E-state index >= 15 is 0 Å². The van der Waals surface area contributed by atoms with E-state index in [1.165, 1.54) is 27.3 Å². The Kier molecular flexibility index (Phi) is 2.91. The second kappa shape index (κ2) is 5.51. The zero-order valence-electron chi connectivity index (χ0n) is 16.4. The standard InChI is InChI=1S/C26H18N4/c1-28-21-10-4-2-8-18(21)19-16-17(14-15-22(19)28)29-24-12-6-7-13-25(24)30-23-11-5-3-9-20(23)27-26(29)30/h2-16H,1H3. The maximum atomic E-state index is 5.00. The third-order valence-corrected chi connectivity index (χ3v) is 6.26. The Morgan fingerprint density at radius 3 is 2.13 bits per heavy atom. The molecule has 30 heavy (non-hydrogen) atoms. The average molecular weight is 386 g/mol. The van der Waals surface area contributed by atoms with Crippen LogP contribution in [0.1, 0.15) is 0 Å². The van der Waals surface area contributed by atoms with Gasteiger partial charge >= 0.3 is 0 Å². The van der Waals surface area contributed by atoms with Gasteiger partial charge < -0.3 is 4.57 Å². The minimum absolute atomic E-state index is 0.942. The molecule has 0 bridgehead atoms. The molecule has 0 aliphatic carbocycles. The Morgan fingerprint density at radius 1 is 0.600 bits per heavy atom. The fourth-order valence-corrected chi connectivity index (χ4v) is 4.90. The van der Waals surface area contributed by atoms with Crippen LogP contribution in [0.2, 0.25) is 0 Å². The first kappa shape index (κ1) is 15.8. The molecular formula is C26H18N4. The minimum Gasteiger partial charge on any atom is -0.344 e. The zero-order chi connectivity index (χ0) is 19.8. The number of nitrogens with zero attached hydrogens (tertiary/aromatic N) is 4. The van der Waals surface area contributed by atoms with Gasteiger partial charge in [-0.25, -0.2) is 4.98 Å². The van der Waals surface area contributed by atoms with Crippen LogP contribution in [0.5, 0.6) is 0 Å². The van der Waals surface area contributed by atoms with E-state index in [0.717, 1.165) is 28.0 Å². The van der Waals surface area contributed by atoms with Crippen LogP contribution in [0.25, 0.3) is 55.3 Å². The molecule has 0 aliphatic heterocycles. The van der Waals surface area contributed by atoms with Gasteiger partial charge in [-0.15, -0.1) is 0 Å². The maximum Gasteiger partial charge on any atom is 0.220 e. The summed E-state index contributed by atoms with van der Waals surface area (Å²) in [6, 6.07) is 32.2. The Labute approximate surface area is 172 Å². The number of hydrogen-bond donors (Lipinski definition) is 0. The number of benzene rings is 4. The molecule has 0 amide bonds. The summed E-state index contributed by atoms with van der Waals surface area (Å²) in [6.07, 6.45) is 0. The van der Waals surface area contributed by atoms with Gasteiger partial charge in [-0.05, 0) is 48.5 Å². The van der Waals surface area contributed by atoms with Gasteiger partial charge in [0.15, 0.2) is 0 Å². The first-order valence-corrected chi connectivity index (χ1v) is 10.2. The molecule has 4 aromatic carbocycles. The van der Waals surface area contributed by atoms with Crippen LogP contribution in [0.15, 0.2) is 91.0 Å². The summed E-state index contributed by atoms with van der Waals surface area (Å²) in [6.45, 7) is 0. The van der Waals surface area contributed by atoms with E-state index in [1.807, 2.05) is 6.07 Å². The van der Waals surface area contributed by atoms with E-state index < -0.39 is 0 Å². The minimum atomic E-state index is 0.942. The highest BCUT2D eigenvalue weighted by atomic mass is 15.2. The van der Waals surface area contributed by atoms with Crippen LogP contribution in [0.4, 0.5) is 0 Å². The van der Waals surface area contributed by atoms with Crippen LogP contribution < -0.4 is 0 Å². The third kappa shape index (κ3) is 1.88. The quantitative estimate of drug-likeness (QED) is 0.336. The highest BCUT2D eigenvalue weighted by Crippen LogP contribution is 2.33. The highest BCUT2D eigenvalue weighted by molar-refractivity contribution is 6.09. The number of aryl methyl sites for hydroxylation is 1. The predicted molar refractivity (Wildman–Crippen MR) is 124 cm³/mol. The zero-order valence-corrected chi connectivity index (χ0v) is 16.4. The monoisotopic (exact) mass is 386 g/mol. The second-order valence-corrected chi connectivity index (χ2v) is 7.84. The van der Waals surface area contributed by atoms with E-state index in [2.05, 4.69) is 106 Å². The van der Waals surface area contributed by atoms with Crippen molar-refractivity contribution in [2.75, 3.05) is 0 Å². The number of rotatable bonds is 1. The molecule has 7 aromatic rings. The van der Waals surface area contributed by atoms with Gasteiger partial charge in [-0.2, -0.15) is 0 Å². The molecule has 4 heteroatoms. The molecule has 3 aromatic heterocycles. The highest BCUT2D eigenvalue weighted by Gasteiger charge is 2.17. The van der Waals surface area contributed by atoms with Crippen molar-refractivity contribution < 1.29 is 0 Å². The van der Waals surface area contributed by atoms with Crippen LogP contribution >= 0.6 is 0 Å². The summed E-state index contributed by atoms with van der Waals surface area (Å²) in [5.74, 6) is 0.942. The van der Waals surface area contributed by atoms with Gasteiger partial charge in [0.2, 0.25) is 5.78 Å². The molecule has 0 atom stereocenters. The van der Waals surface area contributed by atoms with Crippen LogP contribution in [0.3, 0.4) is 0 Å². The Morgan fingerprint density at radius 2 is 1.27 bits per heavy atom. The molecular weight excluding hydrogens is 368 g/mol. The Bertz CT molecular complexity index is 1760. The van der Waals surface area contributed by atoms with Crippen molar-refractivity contribution in [3.8, 4) is 5.69 Å². The molecule has 0 spiro atoms. The number of imidazole rings is 2. The first-order valence-electron chi connectivity index (χ1n) is 10.2. The largest absolute Gasteiger partial charge is 0.344 e. The lowest BCUT2D eigenvalue weighted by molar-refractivity contribution is 1.01. The summed E-state index contributed by atoms with van der Waals surface area (Å²) >= 11 is 0.